The van der Waals surface area contributed by atoms with Crippen LogP contribution in [0.25, 0.3) is 0 Å². The zero-order chi connectivity index (χ0) is 13.2. The predicted molar refractivity (Wildman–Crippen MR) is 65.6 cm³/mol. The van der Waals surface area contributed by atoms with Gasteiger partial charge in [-0.2, -0.15) is 0 Å². The maximum absolute atomic E-state index is 12.0. The van der Waals surface area contributed by atoms with Gasteiger partial charge in [-0.05, 0) is 25.2 Å². The highest BCUT2D eigenvalue weighted by Gasteiger charge is 2.37. The Labute approximate surface area is 103 Å². The Hall–Kier alpha value is -1.06. The Balaban J connectivity index is 2.52. The van der Waals surface area contributed by atoms with E-state index in [9.17, 15) is 9.59 Å². The molecule has 1 heterocycles. The number of carboxylic acids is 1. The molecular weight excluding hydrogens is 218 g/mol. The number of carbonyl (C=O) groups is 2. The molecule has 1 saturated heterocycles. The van der Waals surface area contributed by atoms with Crippen LogP contribution in [-0.2, 0) is 9.59 Å². The Morgan fingerprint density at radius 2 is 1.94 bits per heavy atom. The SMILES string of the molecule is CC1C(C(=O)O)CCN1C(=O)CCC(C)(C)C. The van der Waals surface area contributed by atoms with E-state index in [-0.39, 0.29) is 17.4 Å². The Kier molecular flexibility index (Phi) is 4.17. The fraction of sp³-hybridized carbons (Fsp3) is 0.846. The molecule has 1 rings (SSSR count). The molecule has 0 radical (unpaired) electrons. The summed E-state index contributed by atoms with van der Waals surface area (Å²) in [4.78, 5) is 24.7. The number of amides is 1. The molecule has 4 nitrogen and oxygen atoms in total. The summed E-state index contributed by atoms with van der Waals surface area (Å²) in [5.41, 5.74) is 0.144. The topological polar surface area (TPSA) is 57.6 Å². The number of aliphatic carboxylic acids is 1. The minimum absolute atomic E-state index is 0.0937. The van der Waals surface area contributed by atoms with Crippen molar-refractivity contribution in [1.82, 2.24) is 4.90 Å². The van der Waals surface area contributed by atoms with Crippen molar-refractivity contribution >= 4 is 11.9 Å². The first kappa shape index (κ1) is 14.0. The van der Waals surface area contributed by atoms with E-state index in [2.05, 4.69) is 20.8 Å². The lowest BCUT2D eigenvalue weighted by molar-refractivity contribution is -0.143. The molecule has 2 atom stereocenters. The molecule has 1 aliphatic heterocycles. The monoisotopic (exact) mass is 241 g/mol. The zero-order valence-corrected chi connectivity index (χ0v) is 11.2. The molecule has 0 bridgehead atoms. The van der Waals surface area contributed by atoms with Gasteiger partial charge in [-0.1, -0.05) is 20.8 Å². The second-order valence-electron chi connectivity index (χ2n) is 6.12. The molecule has 4 heteroatoms. The van der Waals surface area contributed by atoms with E-state index in [0.29, 0.717) is 19.4 Å². The van der Waals surface area contributed by atoms with Gasteiger partial charge in [-0.15, -0.1) is 0 Å². The lowest BCUT2D eigenvalue weighted by Gasteiger charge is -2.25. The molecule has 0 aliphatic carbocycles. The van der Waals surface area contributed by atoms with Gasteiger partial charge in [-0.25, -0.2) is 0 Å². The average molecular weight is 241 g/mol. The Bertz CT molecular complexity index is 306. The van der Waals surface area contributed by atoms with Crippen LogP contribution in [0.4, 0.5) is 0 Å². The Morgan fingerprint density at radius 3 is 2.35 bits per heavy atom. The maximum Gasteiger partial charge on any atom is 0.308 e. The molecule has 2 unspecified atom stereocenters. The van der Waals surface area contributed by atoms with E-state index in [1.54, 1.807) is 4.90 Å². The van der Waals surface area contributed by atoms with Gasteiger partial charge >= 0.3 is 5.97 Å². The molecule has 0 aromatic rings. The fourth-order valence-corrected chi connectivity index (χ4v) is 2.25. The maximum atomic E-state index is 12.0. The summed E-state index contributed by atoms with van der Waals surface area (Å²) in [6.07, 6.45) is 1.94. The zero-order valence-electron chi connectivity index (χ0n) is 11.2. The predicted octanol–water partition coefficient (Wildman–Crippen LogP) is 2.13. The van der Waals surface area contributed by atoms with E-state index in [0.717, 1.165) is 6.42 Å². The van der Waals surface area contributed by atoms with Gasteiger partial charge in [-0.3, -0.25) is 9.59 Å². The number of rotatable bonds is 3. The second kappa shape index (κ2) is 5.07. The summed E-state index contributed by atoms with van der Waals surface area (Å²) in [7, 11) is 0. The standard InChI is InChI=1S/C13H23NO3/c1-9-10(12(16)17)6-8-14(9)11(15)5-7-13(2,3)4/h9-10H,5-8H2,1-4H3,(H,16,17). The van der Waals surface area contributed by atoms with Crippen molar-refractivity contribution in [2.75, 3.05) is 6.54 Å². The van der Waals surface area contributed by atoms with Crippen LogP contribution in [0.3, 0.4) is 0 Å². The molecule has 0 aromatic carbocycles. The van der Waals surface area contributed by atoms with E-state index < -0.39 is 11.9 Å². The van der Waals surface area contributed by atoms with Gasteiger partial charge in [0.05, 0.1) is 5.92 Å². The number of hydrogen-bond acceptors (Lipinski definition) is 2. The van der Waals surface area contributed by atoms with Crippen molar-refractivity contribution in [3.63, 3.8) is 0 Å². The van der Waals surface area contributed by atoms with Crippen molar-refractivity contribution in [2.24, 2.45) is 11.3 Å². The molecule has 1 aliphatic rings. The average Bonchev–Trinajstić information content (AvgIpc) is 2.55. The molecule has 0 saturated carbocycles. The largest absolute Gasteiger partial charge is 0.481 e. The van der Waals surface area contributed by atoms with Crippen molar-refractivity contribution in [3.8, 4) is 0 Å². The minimum atomic E-state index is -0.788. The lowest BCUT2D eigenvalue weighted by Crippen LogP contribution is -2.37. The molecule has 1 amide bonds. The fourth-order valence-electron chi connectivity index (χ4n) is 2.25. The van der Waals surface area contributed by atoms with Crippen LogP contribution >= 0.6 is 0 Å². The van der Waals surface area contributed by atoms with Crippen LogP contribution in [0.15, 0.2) is 0 Å². The summed E-state index contributed by atoms with van der Waals surface area (Å²) >= 11 is 0. The molecule has 0 spiro atoms. The van der Waals surface area contributed by atoms with Gasteiger partial charge < -0.3 is 10.0 Å². The van der Waals surface area contributed by atoms with Crippen LogP contribution in [0.1, 0.15) is 47.0 Å². The summed E-state index contributed by atoms with van der Waals surface area (Å²) in [6, 6.07) is -0.167. The van der Waals surface area contributed by atoms with Gasteiger partial charge in [0.2, 0.25) is 5.91 Å². The van der Waals surface area contributed by atoms with Crippen LogP contribution in [0.5, 0.6) is 0 Å². The molecule has 0 aromatic heterocycles. The summed E-state index contributed by atoms with van der Waals surface area (Å²) in [5.74, 6) is -1.09. The highest BCUT2D eigenvalue weighted by atomic mass is 16.4. The first-order chi connectivity index (χ1) is 7.72. The second-order valence-corrected chi connectivity index (χ2v) is 6.12. The van der Waals surface area contributed by atoms with Crippen molar-refractivity contribution in [3.05, 3.63) is 0 Å². The van der Waals surface area contributed by atoms with E-state index >= 15 is 0 Å². The van der Waals surface area contributed by atoms with E-state index in [1.165, 1.54) is 0 Å². The number of likely N-dealkylation sites (tertiary alicyclic amines) is 1. The summed E-state index contributed by atoms with van der Waals surface area (Å²) in [5, 5.41) is 9.00. The number of hydrogen-bond donors (Lipinski definition) is 1. The number of carboxylic acid groups (broad SMARTS) is 1. The highest BCUT2D eigenvalue weighted by molar-refractivity contribution is 5.79. The third-order valence-electron chi connectivity index (χ3n) is 3.48. The highest BCUT2D eigenvalue weighted by Crippen LogP contribution is 2.27. The van der Waals surface area contributed by atoms with Crippen LogP contribution in [0.2, 0.25) is 0 Å². The third kappa shape index (κ3) is 3.72. The summed E-state index contributed by atoms with van der Waals surface area (Å²) < 4.78 is 0. The lowest BCUT2D eigenvalue weighted by atomic mass is 9.90. The van der Waals surface area contributed by atoms with Crippen LogP contribution in [0, 0.1) is 11.3 Å². The summed E-state index contributed by atoms with van der Waals surface area (Å²) in [6.45, 7) is 8.73. The normalized spacial score (nSPS) is 25.1. The first-order valence-corrected chi connectivity index (χ1v) is 6.24. The molecule has 1 fully saturated rings. The molecule has 1 N–H and O–H groups in total. The quantitative estimate of drug-likeness (QED) is 0.823. The van der Waals surface area contributed by atoms with Gasteiger partial charge in [0.15, 0.2) is 0 Å². The number of carbonyl (C=O) groups excluding carboxylic acids is 1. The number of nitrogens with zero attached hydrogens (tertiary/aromatic N) is 1. The molecule has 17 heavy (non-hydrogen) atoms. The van der Waals surface area contributed by atoms with E-state index in [1.807, 2.05) is 6.92 Å². The van der Waals surface area contributed by atoms with Gasteiger partial charge in [0.1, 0.15) is 0 Å². The van der Waals surface area contributed by atoms with Crippen LogP contribution < -0.4 is 0 Å². The minimum Gasteiger partial charge on any atom is -0.481 e. The van der Waals surface area contributed by atoms with Gasteiger partial charge in [0, 0.05) is 19.0 Å². The van der Waals surface area contributed by atoms with Crippen molar-refractivity contribution in [1.29, 1.82) is 0 Å². The van der Waals surface area contributed by atoms with Gasteiger partial charge in [0.25, 0.3) is 0 Å². The molecular formula is C13H23NO3. The van der Waals surface area contributed by atoms with Crippen molar-refractivity contribution < 1.29 is 14.7 Å². The Morgan fingerprint density at radius 1 is 1.35 bits per heavy atom. The van der Waals surface area contributed by atoms with E-state index in [4.69, 9.17) is 5.11 Å². The van der Waals surface area contributed by atoms with Crippen LogP contribution in [-0.4, -0.2) is 34.5 Å². The smallest absolute Gasteiger partial charge is 0.308 e. The first-order valence-electron chi connectivity index (χ1n) is 6.24. The molecule has 98 valence electrons. The van der Waals surface area contributed by atoms with Crippen molar-refractivity contribution in [2.45, 2.75) is 53.0 Å². The third-order valence-corrected chi connectivity index (χ3v) is 3.48.